The predicted octanol–water partition coefficient (Wildman–Crippen LogP) is 5.19. The Kier molecular flexibility index (Phi) is 5.07. The highest BCUT2D eigenvalue weighted by Gasteiger charge is 2.31. The first-order valence-electron chi connectivity index (χ1n) is 12.6. The molecule has 1 N–H and O–H groups in total. The second-order valence-electron chi connectivity index (χ2n) is 9.97. The Labute approximate surface area is 216 Å². The Morgan fingerprint density at radius 3 is 2.82 bits per heavy atom. The van der Waals surface area contributed by atoms with Gasteiger partial charge in [-0.05, 0) is 61.1 Å². The molecular formula is C29H24FN5O3. The maximum atomic E-state index is 14.2. The van der Waals surface area contributed by atoms with Crippen molar-refractivity contribution in [2.24, 2.45) is 0 Å². The fourth-order valence-corrected chi connectivity index (χ4v) is 5.38. The van der Waals surface area contributed by atoms with E-state index in [4.69, 9.17) is 14.2 Å². The molecule has 3 aromatic heterocycles. The maximum Gasteiger partial charge on any atom is 0.439 e. The lowest BCUT2D eigenvalue weighted by atomic mass is 9.89. The molecule has 0 amide bonds. The van der Waals surface area contributed by atoms with Crippen LogP contribution in [0.3, 0.4) is 0 Å². The molecule has 1 aliphatic carbocycles. The summed E-state index contributed by atoms with van der Waals surface area (Å²) in [6.07, 6.45) is 6.83. The first-order valence-corrected chi connectivity index (χ1v) is 12.6. The van der Waals surface area contributed by atoms with E-state index in [-0.39, 0.29) is 12.4 Å². The van der Waals surface area contributed by atoms with Gasteiger partial charge in [0.05, 0.1) is 17.1 Å². The molecule has 0 atom stereocenters. The molecule has 0 radical (unpaired) electrons. The van der Waals surface area contributed by atoms with Crippen LogP contribution in [-0.4, -0.2) is 24.5 Å². The van der Waals surface area contributed by atoms with Gasteiger partial charge in [-0.1, -0.05) is 23.4 Å². The van der Waals surface area contributed by atoms with Crippen LogP contribution in [0.25, 0.3) is 16.8 Å². The third kappa shape index (κ3) is 3.73. The Morgan fingerprint density at radius 1 is 1.18 bits per heavy atom. The highest BCUT2D eigenvalue weighted by atomic mass is 19.1. The van der Waals surface area contributed by atoms with Crippen molar-refractivity contribution in [1.29, 1.82) is 0 Å². The fourth-order valence-electron chi connectivity index (χ4n) is 5.38. The van der Waals surface area contributed by atoms with E-state index in [0.717, 1.165) is 57.7 Å². The number of aryl methyl sites for hydroxylation is 1. The number of H-pyrrole nitrogens is 1. The van der Waals surface area contributed by atoms with E-state index in [2.05, 4.69) is 37.7 Å². The van der Waals surface area contributed by atoms with Crippen LogP contribution >= 0.6 is 0 Å². The lowest BCUT2D eigenvalue weighted by Crippen LogP contribution is -2.02. The SMILES string of the molecule is CC(=C1c2ccc(Cc3c(C4CC4)nc4c(C)nccn34)cc2COc2cc(F)ccc21)c1noc(=O)[nH]1. The molecule has 1 aliphatic heterocycles. The Bertz CT molecular complexity index is 1830. The minimum Gasteiger partial charge on any atom is -0.488 e. The first kappa shape index (κ1) is 22.7. The molecule has 190 valence electrons. The number of aromatic nitrogens is 5. The molecule has 0 bridgehead atoms. The zero-order valence-electron chi connectivity index (χ0n) is 20.9. The van der Waals surface area contributed by atoms with Gasteiger partial charge in [-0.3, -0.25) is 14.5 Å². The van der Waals surface area contributed by atoms with Crippen molar-refractivity contribution in [3.63, 3.8) is 0 Å². The Morgan fingerprint density at radius 2 is 2.03 bits per heavy atom. The molecule has 7 rings (SSSR count). The van der Waals surface area contributed by atoms with E-state index in [1.165, 1.54) is 17.8 Å². The number of nitrogens with zero attached hydrogens (tertiary/aromatic N) is 4. The summed E-state index contributed by atoms with van der Waals surface area (Å²) in [6.45, 7) is 4.12. The molecule has 0 saturated heterocycles. The Balaban J connectivity index is 1.36. The summed E-state index contributed by atoms with van der Waals surface area (Å²) in [5, 5.41) is 3.89. The van der Waals surface area contributed by atoms with Crippen molar-refractivity contribution in [3.05, 3.63) is 110 Å². The molecule has 9 heteroatoms. The van der Waals surface area contributed by atoms with E-state index in [1.807, 2.05) is 26.2 Å². The number of aromatic amines is 1. The number of benzene rings is 2. The molecular weight excluding hydrogens is 485 g/mol. The van der Waals surface area contributed by atoms with Gasteiger partial charge in [-0.25, -0.2) is 14.2 Å². The molecule has 0 unspecified atom stereocenters. The fraction of sp³-hybridized carbons (Fsp3) is 0.241. The van der Waals surface area contributed by atoms with Crippen LogP contribution in [-0.2, 0) is 13.0 Å². The van der Waals surface area contributed by atoms with Crippen LogP contribution in [0.4, 0.5) is 4.39 Å². The normalized spacial score (nSPS) is 16.1. The standard InChI is InChI=1S/C29H24FN5O3/c1-15(27-33-29(36)38-34-27)25-21-7-3-17(11-19(21)14-37-24-13-20(30)6-8-22(24)25)12-23-26(18-4-5-18)32-28-16(2)31-9-10-35(23)28/h3,6-11,13,18H,4-5,12,14H2,1-2H3,(H,33,34,36). The lowest BCUT2D eigenvalue weighted by molar-refractivity contribution is 0.305. The number of hydrogen-bond acceptors (Lipinski definition) is 6. The molecule has 0 spiro atoms. The van der Waals surface area contributed by atoms with Crippen molar-refractivity contribution in [1.82, 2.24) is 24.5 Å². The van der Waals surface area contributed by atoms with Crippen molar-refractivity contribution in [2.75, 3.05) is 0 Å². The number of ether oxygens (including phenoxy) is 1. The summed E-state index contributed by atoms with van der Waals surface area (Å²) in [5.74, 6) is 0.237. The van der Waals surface area contributed by atoms with Gasteiger partial charge in [-0.15, -0.1) is 0 Å². The number of nitrogens with one attached hydrogen (secondary N) is 1. The number of rotatable bonds is 4. The summed E-state index contributed by atoms with van der Waals surface area (Å²) >= 11 is 0. The predicted molar refractivity (Wildman–Crippen MR) is 138 cm³/mol. The van der Waals surface area contributed by atoms with Gasteiger partial charge in [-0.2, -0.15) is 0 Å². The number of halogens is 1. The Hall–Kier alpha value is -4.53. The lowest BCUT2D eigenvalue weighted by Gasteiger charge is -2.14. The van der Waals surface area contributed by atoms with Crippen LogP contribution < -0.4 is 10.5 Å². The average Bonchev–Trinajstić information content (AvgIpc) is 3.59. The third-order valence-corrected chi connectivity index (χ3v) is 7.39. The second-order valence-corrected chi connectivity index (χ2v) is 9.97. The average molecular weight is 510 g/mol. The summed E-state index contributed by atoms with van der Waals surface area (Å²) in [6, 6.07) is 10.8. The van der Waals surface area contributed by atoms with Gasteiger partial charge in [0.15, 0.2) is 11.5 Å². The van der Waals surface area contributed by atoms with Crippen LogP contribution in [0, 0.1) is 12.7 Å². The van der Waals surface area contributed by atoms with Crippen molar-refractivity contribution in [2.45, 2.75) is 45.6 Å². The van der Waals surface area contributed by atoms with Crippen molar-refractivity contribution < 1.29 is 13.7 Å². The van der Waals surface area contributed by atoms with Gasteiger partial charge >= 0.3 is 5.76 Å². The number of fused-ring (bicyclic) bond motifs is 3. The number of imidazole rings is 1. The van der Waals surface area contributed by atoms with Crippen LogP contribution in [0.5, 0.6) is 5.75 Å². The highest BCUT2D eigenvalue weighted by Crippen LogP contribution is 2.43. The molecule has 8 nitrogen and oxygen atoms in total. The number of hydrogen-bond donors (Lipinski definition) is 1. The van der Waals surface area contributed by atoms with Gasteiger partial charge in [0.2, 0.25) is 0 Å². The minimum absolute atomic E-state index is 0.275. The van der Waals surface area contributed by atoms with Crippen molar-refractivity contribution in [3.8, 4) is 5.75 Å². The largest absolute Gasteiger partial charge is 0.488 e. The van der Waals surface area contributed by atoms with E-state index in [0.29, 0.717) is 29.5 Å². The van der Waals surface area contributed by atoms with E-state index in [1.54, 1.807) is 6.07 Å². The van der Waals surface area contributed by atoms with E-state index in [9.17, 15) is 9.18 Å². The zero-order chi connectivity index (χ0) is 26.0. The summed E-state index contributed by atoms with van der Waals surface area (Å²) in [7, 11) is 0. The molecule has 4 heterocycles. The smallest absolute Gasteiger partial charge is 0.439 e. The quantitative estimate of drug-likeness (QED) is 0.358. The van der Waals surface area contributed by atoms with Gasteiger partial charge in [0, 0.05) is 41.9 Å². The van der Waals surface area contributed by atoms with Crippen molar-refractivity contribution >= 4 is 16.8 Å². The van der Waals surface area contributed by atoms with Gasteiger partial charge < -0.3 is 9.14 Å². The van der Waals surface area contributed by atoms with E-state index < -0.39 is 5.76 Å². The monoisotopic (exact) mass is 509 g/mol. The molecule has 1 fully saturated rings. The molecule has 2 aromatic carbocycles. The van der Waals surface area contributed by atoms with Crippen LogP contribution in [0.1, 0.15) is 70.8 Å². The second kappa shape index (κ2) is 8.51. The summed E-state index contributed by atoms with van der Waals surface area (Å²) in [4.78, 5) is 23.7. The maximum absolute atomic E-state index is 14.2. The topological polar surface area (TPSA) is 98.3 Å². The molecule has 5 aromatic rings. The van der Waals surface area contributed by atoms with Gasteiger partial charge in [0.1, 0.15) is 18.2 Å². The van der Waals surface area contributed by atoms with E-state index >= 15 is 0 Å². The molecule has 38 heavy (non-hydrogen) atoms. The summed E-state index contributed by atoms with van der Waals surface area (Å²) in [5.41, 5.74) is 9.39. The minimum atomic E-state index is -0.635. The van der Waals surface area contributed by atoms with Crippen LogP contribution in [0.2, 0.25) is 0 Å². The number of allylic oxidation sites excluding steroid dienone is 1. The summed E-state index contributed by atoms with van der Waals surface area (Å²) < 4.78 is 27.2. The zero-order valence-corrected chi connectivity index (χ0v) is 20.9. The van der Waals surface area contributed by atoms with Gasteiger partial charge in [0.25, 0.3) is 0 Å². The third-order valence-electron chi connectivity index (χ3n) is 7.39. The highest BCUT2D eigenvalue weighted by molar-refractivity contribution is 5.99. The van der Waals surface area contributed by atoms with Crippen LogP contribution in [0.15, 0.2) is 58.1 Å². The first-order chi connectivity index (χ1) is 18.5. The molecule has 2 aliphatic rings. The molecule has 1 saturated carbocycles.